The van der Waals surface area contributed by atoms with Gasteiger partial charge in [0.1, 0.15) is 50.4 Å². The number of benzene rings is 6. The molecular weight excluding hydrogens is 667 g/mol. The van der Waals surface area contributed by atoms with Crippen molar-refractivity contribution in [1.29, 1.82) is 0 Å². The number of aromatic nitrogens is 3. The van der Waals surface area contributed by atoms with Crippen LogP contribution in [0.3, 0.4) is 0 Å². The standard InChI is InChI=1S/C45H27B5N4O/c46-36-34(37(47)39(49)40(50)38(36)48)43-51-42(29-13-6-12-28-27-10-4-5-15-33(27)55-41(28)29)52-44(53-43)54-31-17-16-25(23-8-2-1-3-9-23)22-30(31)45-20-18-24(19-21-45)26-11-7-14-32(54)35(26)45/h1-17,22,24H,18-21H2. The molecule has 248 valence electrons. The van der Waals surface area contributed by atoms with Gasteiger partial charge in [-0.1, -0.05) is 89.8 Å². The molecule has 0 unspecified atom stereocenters. The summed E-state index contributed by atoms with van der Waals surface area (Å²) in [6, 6.07) is 38.0. The first-order valence-electron chi connectivity index (χ1n) is 18.6. The molecule has 55 heavy (non-hydrogen) atoms. The normalized spacial score (nSPS) is 18.1. The Morgan fingerprint density at radius 2 is 1.29 bits per heavy atom. The van der Waals surface area contributed by atoms with Crippen LogP contribution in [0.15, 0.2) is 114 Å². The van der Waals surface area contributed by atoms with Gasteiger partial charge in [-0.05, 0) is 89.8 Å². The van der Waals surface area contributed by atoms with Crippen molar-refractivity contribution >= 4 is 106 Å². The van der Waals surface area contributed by atoms with Gasteiger partial charge in [0.2, 0.25) is 5.95 Å². The van der Waals surface area contributed by atoms with Crippen molar-refractivity contribution < 1.29 is 4.42 Å². The highest BCUT2D eigenvalue weighted by Gasteiger charge is 2.52. The van der Waals surface area contributed by atoms with Crippen molar-refractivity contribution in [3.8, 4) is 33.9 Å². The summed E-state index contributed by atoms with van der Waals surface area (Å²) in [6.45, 7) is 0. The van der Waals surface area contributed by atoms with E-state index in [9.17, 15) is 0 Å². The smallest absolute Gasteiger partial charge is 0.238 e. The maximum Gasteiger partial charge on any atom is 0.238 e. The van der Waals surface area contributed by atoms with Crippen molar-refractivity contribution in [1.82, 2.24) is 15.0 Å². The molecule has 0 saturated heterocycles. The number of anilines is 3. The Kier molecular flexibility index (Phi) is 7.05. The Bertz CT molecular complexity index is 2890. The lowest BCUT2D eigenvalue weighted by atomic mass is 9.53. The van der Waals surface area contributed by atoms with Gasteiger partial charge in [0.05, 0.1) is 16.9 Å². The van der Waals surface area contributed by atoms with E-state index < -0.39 is 0 Å². The first-order valence-corrected chi connectivity index (χ1v) is 18.6. The van der Waals surface area contributed by atoms with Crippen molar-refractivity contribution in [2.24, 2.45) is 0 Å². The highest BCUT2D eigenvalue weighted by atomic mass is 16.3. The van der Waals surface area contributed by atoms with E-state index >= 15 is 0 Å². The van der Waals surface area contributed by atoms with E-state index in [1.54, 1.807) is 0 Å². The Morgan fingerprint density at radius 1 is 0.600 bits per heavy atom. The number of nitrogens with zero attached hydrogens (tertiary/aromatic N) is 4. The molecule has 2 aromatic heterocycles. The van der Waals surface area contributed by atoms with Crippen LogP contribution in [0, 0.1) is 0 Å². The largest absolute Gasteiger partial charge is 0.455 e. The molecular formula is C45H27B5N4O. The molecule has 10 radical (unpaired) electrons. The van der Waals surface area contributed by atoms with Gasteiger partial charge in [0, 0.05) is 21.8 Å². The van der Waals surface area contributed by atoms with Gasteiger partial charge < -0.3 is 4.42 Å². The van der Waals surface area contributed by atoms with Gasteiger partial charge in [-0.15, -0.1) is 16.4 Å². The molecule has 4 aliphatic rings. The summed E-state index contributed by atoms with van der Waals surface area (Å²) < 4.78 is 6.50. The zero-order valence-corrected chi connectivity index (χ0v) is 29.9. The van der Waals surface area contributed by atoms with Gasteiger partial charge in [-0.3, -0.25) is 4.90 Å². The number of fused-ring (bicyclic) bond motifs is 6. The van der Waals surface area contributed by atoms with Crippen LogP contribution < -0.4 is 32.2 Å². The molecule has 2 bridgehead atoms. The first kappa shape index (κ1) is 32.7. The predicted molar refractivity (Wildman–Crippen MR) is 227 cm³/mol. The zero-order valence-electron chi connectivity index (χ0n) is 29.9. The maximum atomic E-state index is 6.70. The minimum Gasteiger partial charge on any atom is -0.455 e. The summed E-state index contributed by atoms with van der Waals surface area (Å²) in [7, 11) is 32.5. The van der Waals surface area contributed by atoms with Crippen molar-refractivity contribution in [3.63, 3.8) is 0 Å². The quantitative estimate of drug-likeness (QED) is 0.229. The van der Waals surface area contributed by atoms with Crippen LogP contribution in [0.2, 0.25) is 0 Å². The summed E-state index contributed by atoms with van der Waals surface area (Å²) in [4.78, 5) is 17.8. The van der Waals surface area contributed by atoms with Crippen LogP contribution in [-0.4, -0.2) is 54.2 Å². The van der Waals surface area contributed by atoms with Crippen molar-refractivity contribution in [2.45, 2.75) is 37.0 Å². The number of furan rings is 1. The molecule has 0 atom stereocenters. The second-order valence-electron chi connectivity index (χ2n) is 15.0. The summed E-state index contributed by atoms with van der Waals surface area (Å²) >= 11 is 0. The Labute approximate surface area is 325 Å². The van der Waals surface area contributed by atoms with Crippen LogP contribution in [0.1, 0.15) is 48.3 Å². The van der Waals surface area contributed by atoms with Crippen LogP contribution in [0.25, 0.3) is 55.8 Å². The monoisotopic (exact) mass is 694 g/mol. The molecule has 1 spiro atoms. The Morgan fingerprint density at radius 3 is 2.09 bits per heavy atom. The first-order chi connectivity index (χ1) is 26.8. The molecule has 3 aliphatic carbocycles. The average molecular weight is 694 g/mol. The van der Waals surface area contributed by atoms with E-state index in [0.717, 1.165) is 53.4 Å². The Hall–Kier alpha value is -5.75. The van der Waals surface area contributed by atoms with E-state index in [-0.39, 0.29) is 38.6 Å². The zero-order chi connectivity index (χ0) is 37.2. The third kappa shape index (κ3) is 4.57. The molecule has 0 N–H and O–H groups in total. The lowest BCUT2D eigenvalue weighted by Crippen LogP contribution is -2.55. The number of hydrogen-bond donors (Lipinski definition) is 0. The van der Waals surface area contributed by atoms with Crippen LogP contribution in [0.4, 0.5) is 17.3 Å². The molecule has 3 heterocycles. The predicted octanol–water partition coefficient (Wildman–Crippen LogP) is 5.48. The van der Waals surface area contributed by atoms with E-state index in [1.165, 1.54) is 27.8 Å². The topological polar surface area (TPSA) is 55.1 Å². The summed E-state index contributed by atoms with van der Waals surface area (Å²) in [5, 5.41) is 1.94. The average Bonchev–Trinajstić information content (AvgIpc) is 3.62. The van der Waals surface area contributed by atoms with E-state index in [0.29, 0.717) is 34.4 Å². The highest BCUT2D eigenvalue weighted by Crippen LogP contribution is 2.64. The second kappa shape index (κ2) is 11.9. The second-order valence-corrected chi connectivity index (χ2v) is 15.0. The lowest BCUT2D eigenvalue weighted by molar-refractivity contribution is 0.278. The third-order valence-corrected chi connectivity index (χ3v) is 12.3. The summed E-state index contributed by atoms with van der Waals surface area (Å²) in [5.74, 6) is 1.51. The van der Waals surface area contributed by atoms with Gasteiger partial charge in [0.15, 0.2) is 11.6 Å². The SMILES string of the molecule is [B]c1c([B])c([B])c(-c2nc(-c3cccc4c3oc3ccccc34)nc(N3c4ccc(-c5ccccc5)cc4C45CCC(CC4)c4cccc3c45)n2)c([B])c1[B]. The van der Waals surface area contributed by atoms with Crippen molar-refractivity contribution in [3.05, 3.63) is 126 Å². The molecule has 1 saturated carbocycles. The fourth-order valence-corrected chi connectivity index (χ4v) is 9.66. The fraction of sp³-hybridized carbons (Fsp3) is 0.133. The molecule has 1 fully saturated rings. The van der Waals surface area contributed by atoms with Crippen LogP contribution >= 0.6 is 0 Å². The summed E-state index contributed by atoms with van der Waals surface area (Å²) in [5.41, 5.74) is 11.4. The van der Waals surface area contributed by atoms with E-state index in [2.05, 4.69) is 71.6 Å². The minimum absolute atomic E-state index is 0.121. The van der Waals surface area contributed by atoms with Gasteiger partial charge in [-0.25, -0.2) is 4.98 Å². The minimum atomic E-state index is -0.134. The summed E-state index contributed by atoms with van der Waals surface area (Å²) in [6.07, 6.45) is 4.48. The molecule has 5 nitrogen and oxygen atoms in total. The highest BCUT2D eigenvalue weighted by molar-refractivity contribution is 6.68. The lowest BCUT2D eigenvalue weighted by Gasteiger charge is -2.54. The molecule has 12 rings (SSSR count). The molecule has 6 aromatic carbocycles. The Balaban J connectivity index is 1.22. The van der Waals surface area contributed by atoms with Gasteiger partial charge >= 0.3 is 0 Å². The van der Waals surface area contributed by atoms with E-state index in [4.69, 9.17) is 58.6 Å². The van der Waals surface area contributed by atoms with Gasteiger partial charge in [0.25, 0.3) is 0 Å². The number of para-hydroxylation sites is 2. The van der Waals surface area contributed by atoms with Crippen LogP contribution in [0.5, 0.6) is 0 Å². The maximum absolute atomic E-state index is 6.70. The van der Waals surface area contributed by atoms with Gasteiger partial charge in [-0.2, -0.15) is 9.97 Å². The number of rotatable bonds is 4. The molecule has 1 aliphatic heterocycles. The van der Waals surface area contributed by atoms with Crippen molar-refractivity contribution in [2.75, 3.05) is 4.90 Å². The molecule has 10 heteroatoms. The fourth-order valence-electron chi connectivity index (χ4n) is 9.66. The molecule has 8 aromatic rings. The number of hydrogen-bond acceptors (Lipinski definition) is 5. The third-order valence-electron chi connectivity index (χ3n) is 12.3. The van der Waals surface area contributed by atoms with E-state index in [1.807, 2.05) is 42.5 Å². The molecule has 0 amide bonds. The van der Waals surface area contributed by atoms with Crippen LogP contribution in [-0.2, 0) is 5.41 Å².